The Morgan fingerprint density at radius 2 is 0.761 bits per heavy atom. The Kier molecular flexibility index (Phi) is 10.6. The lowest BCUT2D eigenvalue weighted by Crippen LogP contribution is -2.31. The van der Waals surface area contributed by atoms with Gasteiger partial charge in [0.1, 0.15) is 23.0 Å². The van der Waals surface area contributed by atoms with Crippen molar-refractivity contribution in [2.24, 2.45) is 0 Å². The van der Waals surface area contributed by atoms with Crippen LogP contribution in [0.1, 0.15) is 104 Å². The fourth-order valence-electron chi connectivity index (χ4n) is 9.04. The van der Waals surface area contributed by atoms with Crippen molar-refractivity contribution in [3.63, 3.8) is 0 Å². The van der Waals surface area contributed by atoms with Gasteiger partial charge < -0.3 is 9.47 Å². The SMILES string of the molecule is Cc1ccc(N2C(=O)c3ccc(Oc4ccc(C(C)(C)c5ccc(Oc6ccc7c(c6)C(=O)N(c6cccc(N8C(=O)c9ccc(C#Cc%10ccccc%10)cc9C8=O)c6)C7=O)cc5)cc4)cc3C2=O)cc1. The number of carbonyl (C=O) groups excluding carboxylic acids is 6. The first-order valence-corrected chi connectivity index (χ1v) is 22.7. The first kappa shape index (κ1) is 43.9. The fourth-order valence-corrected chi connectivity index (χ4v) is 9.04. The molecular weight excluding hydrogens is 891 g/mol. The highest BCUT2D eigenvalue weighted by Gasteiger charge is 2.41. The Morgan fingerprint density at radius 1 is 0.352 bits per heavy atom. The monoisotopic (exact) mass is 929 g/mol. The topological polar surface area (TPSA) is 131 Å². The average molecular weight is 930 g/mol. The van der Waals surface area contributed by atoms with Crippen LogP contribution in [-0.4, -0.2) is 35.4 Å². The second kappa shape index (κ2) is 17.1. The van der Waals surface area contributed by atoms with Crippen molar-refractivity contribution in [3.05, 3.63) is 243 Å². The fraction of sp³-hybridized carbons (Fsp3) is 0.0667. The van der Waals surface area contributed by atoms with Crippen molar-refractivity contribution in [1.29, 1.82) is 0 Å². The molecule has 8 aromatic carbocycles. The van der Waals surface area contributed by atoms with Crippen LogP contribution in [0.15, 0.2) is 182 Å². The first-order valence-electron chi connectivity index (χ1n) is 22.7. The van der Waals surface area contributed by atoms with Crippen LogP contribution in [0.25, 0.3) is 0 Å². The highest BCUT2D eigenvalue weighted by molar-refractivity contribution is 6.37. The molecule has 6 amide bonds. The van der Waals surface area contributed by atoms with Crippen molar-refractivity contribution in [2.75, 3.05) is 14.7 Å². The number of fused-ring (bicyclic) bond motifs is 3. The largest absolute Gasteiger partial charge is 0.457 e. The molecule has 0 unspecified atom stereocenters. The van der Waals surface area contributed by atoms with E-state index in [1.54, 1.807) is 78.9 Å². The number of anilines is 3. The number of amides is 6. The van der Waals surface area contributed by atoms with E-state index in [1.165, 1.54) is 17.0 Å². The van der Waals surface area contributed by atoms with Crippen LogP contribution in [0.3, 0.4) is 0 Å². The van der Waals surface area contributed by atoms with E-state index in [-0.39, 0.29) is 45.1 Å². The first-order chi connectivity index (χ1) is 34.3. The van der Waals surface area contributed by atoms with Crippen molar-refractivity contribution in [2.45, 2.75) is 26.2 Å². The van der Waals surface area contributed by atoms with E-state index in [4.69, 9.17) is 9.47 Å². The van der Waals surface area contributed by atoms with E-state index >= 15 is 0 Å². The molecule has 0 atom stereocenters. The Hall–Kier alpha value is -9.66. The highest BCUT2D eigenvalue weighted by Crippen LogP contribution is 2.39. The van der Waals surface area contributed by atoms with Gasteiger partial charge in [-0.2, -0.15) is 0 Å². The van der Waals surface area contributed by atoms with E-state index in [0.29, 0.717) is 39.8 Å². The predicted molar refractivity (Wildman–Crippen MR) is 268 cm³/mol. The summed E-state index contributed by atoms with van der Waals surface area (Å²) in [6, 6.07) is 52.7. The molecule has 11 rings (SSSR count). The van der Waals surface area contributed by atoms with Crippen molar-refractivity contribution < 1.29 is 38.2 Å². The summed E-state index contributed by atoms with van der Waals surface area (Å²) in [5.41, 5.74) is 6.32. The number of imide groups is 3. The quantitative estimate of drug-likeness (QED) is 0.103. The third-order valence-electron chi connectivity index (χ3n) is 13.0. The molecule has 11 nitrogen and oxygen atoms in total. The molecule has 0 saturated carbocycles. The maximum atomic E-state index is 13.9. The molecule has 0 N–H and O–H groups in total. The van der Waals surface area contributed by atoms with E-state index < -0.39 is 35.0 Å². The molecule has 0 aromatic heterocycles. The van der Waals surface area contributed by atoms with Gasteiger partial charge in [0.05, 0.1) is 50.4 Å². The molecule has 3 aliphatic rings. The van der Waals surface area contributed by atoms with Crippen LogP contribution in [0.4, 0.5) is 17.1 Å². The second-order valence-electron chi connectivity index (χ2n) is 17.9. The van der Waals surface area contributed by atoms with Crippen molar-refractivity contribution >= 4 is 52.5 Å². The zero-order chi connectivity index (χ0) is 49.1. The third kappa shape index (κ3) is 7.79. The van der Waals surface area contributed by atoms with Gasteiger partial charge in [0.2, 0.25) is 0 Å². The molecule has 3 aliphatic heterocycles. The summed E-state index contributed by atoms with van der Waals surface area (Å²) < 4.78 is 12.4. The number of aryl methyl sites for hydroxylation is 1. The Labute approximate surface area is 408 Å². The Bertz CT molecular complexity index is 3650. The number of rotatable bonds is 9. The maximum absolute atomic E-state index is 13.9. The van der Waals surface area contributed by atoms with Crippen LogP contribution < -0.4 is 24.2 Å². The van der Waals surface area contributed by atoms with Crippen molar-refractivity contribution in [3.8, 4) is 34.8 Å². The van der Waals surface area contributed by atoms with Crippen LogP contribution in [0.2, 0.25) is 0 Å². The van der Waals surface area contributed by atoms with Gasteiger partial charge in [-0.1, -0.05) is 91.9 Å². The molecule has 0 aliphatic carbocycles. The minimum absolute atomic E-state index is 0.150. The number of ether oxygens (including phenoxy) is 2. The lowest BCUT2D eigenvalue weighted by Gasteiger charge is -2.26. The smallest absolute Gasteiger partial charge is 0.266 e. The Morgan fingerprint density at radius 3 is 1.25 bits per heavy atom. The Balaban J connectivity index is 0.744. The van der Waals surface area contributed by atoms with Crippen molar-refractivity contribution in [1.82, 2.24) is 0 Å². The van der Waals surface area contributed by atoms with Gasteiger partial charge in [0.25, 0.3) is 35.4 Å². The molecule has 0 saturated heterocycles. The van der Waals surface area contributed by atoms with Gasteiger partial charge in [0.15, 0.2) is 0 Å². The zero-order valence-electron chi connectivity index (χ0n) is 38.4. The van der Waals surface area contributed by atoms with Gasteiger partial charge in [-0.3, -0.25) is 28.8 Å². The van der Waals surface area contributed by atoms with E-state index in [2.05, 4.69) is 25.7 Å². The number of hydrogen-bond acceptors (Lipinski definition) is 8. The lowest BCUT2D eigenvalue weighted by atomic mass is 9.78. The van der Waals surface area contributed by atoms with E-state index in [9.17, 15) is 28.8 Å². The van der Waals surface area contributed by atoms with Crippen LogP contribution in [0.5, 0.6) is 23.0 Å². The van der Waals surface area contributed by atoms with Gasteiger partial charge >= 0.3 is 0 Å². The van der Waals surface area contributed by atoms with Gasteiger partial charge in [-0.05, 0) is 139 Å². The summed E-state index contributed by atoms with van der Waals surface area (Å²) in [6.45, 7) is 6.15. The minimum Gasteiger partial charge on any atom is -0.457 e. The third-order valence-corrected chi connectivity index (χ3v) is 13.0. The summed E-state index contributed by atoms with van der Waals surface area (Å²) in [6.07, 6.45) is 0. The van der Waals surface area contributed by atoms with Gasteiger partial charge in [-0.25, -0.2) is 14.7 Å². The standard InChI is InChI=1S/C60H39N3O8/c1-36-12-21-41(22-13-36)61-54(64)49-30-27-46(34-52(49)58(61)68)70-44-23-17-39(18-24-44)60(2,3)40-19-25-45(26-20-40)71-47-28-31-50-53(35-47)59(69)63(56(50)66)43-11-7-10-42(33-43)62-55(65)48-29-16-38(32-51(48)57(62)67)15-14-37-8-5-4-6-9-37/h4-13,16-35H,1-3H3. The summed E-state index contributed by atoms with van der Waals surface area (Å²) >= 11 is 0. The average Bonchev–Trinajstić information content (AvgIpc) is 3.90. The zero-order valence-corrected chi connectivity index (χ0v) is 38.4. The second-order valence-corrected chi connectivity index (χ2v) is 17.9. The highest BCUT2D eigenvalue weighted by atomic mass is 16.5. The number of carbonyl (C=O) groups is 6. The number of benzene rings is 8. The van der Waals surface area contributed by atoms with Crippen LogP contribution in [-0.2, 0) is 5.41 Å². The van der Waals surface area contributed by atoms with E-state index in [1.807, 2.05) is 97.9 Å². The normalized spacial score (nSPS) is 13.8. The molecule has 8 aromatic rings. The molecule has 11 heteroatoms. The summed E-state index contributed by atoms with van der Waals surface area (Å²) in [5.74, 6) is 5.03. The number of hydrogen-bond donors (Lipinski definition) is 0. The molecule has 0 spiro atoms. The predicted octanol–water partition coefficient (Wildman–Crippen LogP) is 11.7. The molecule has 0 fully saturated rings. The van der Waals surface area contributed by atoms with Crippen LogP contribution in [0, 0.1) is 18.8 Å². The molecule has 0 bridgehead atoms. The summed E-state index contributed by atoms with van der Waals surface area (Å²) in [7, 11) is 0. The minimum atomic E-state index is -0.575. The maximum Gasteiger partial charge on any atom is 0.266 e. The molecule has 342 valence electrons. The van der Waals surface area contributed by atoms with Gasteiger partial charge in [0, 0.05) is 16.5 Å². The van der Waals surface area contributed by atoms with E-state index in [0.717, 1.165) is 32.1 Å². The van der Waals surface area contributed by atoms with Gasteiger partial charge in [-0.15, -0.1) is 0 Å². The number of nitrogens with zero attached hydrogens (tertiary/aromatic N) is 3. The molecule has 3 heterocycles. The summed E-state index contributed by atoms with van der Waals surface area (Å²) in [4.78, 5) is 84.7. The van der Waals surface area contributed by atoms with Crippen LogP contribution >= 0.6 is 0 Å². The molecule has 71 heavy (non-hydrogen) atoms. The lowest BCUT2D eigenvalue weighted by molar-refractivity contribution is 0.0909. The summed E-state index contributed by atoms with van der Waals surface area (Å²) in [5, 5.41) is 0. The molecular formula is C60H39N3O8. The molecule has 0 radical (unpaired) electrons.